The maximum Gasteiger partial charge on any atom is 0.123 e. The van der Waals surface area contributed by atoms with Gasteiger partial charge in [0, 0.05) is 23.7 Å². The first-order valence-corrected chi connectivity index (χ1v) is 5.66. The van der Waals surface area contributed by atoms with Crippen LogP contribution in [-0.4, -0.2) is 23.3 Å². The van der Waals surface area contributed by atoms with Crippen molar-refractivity contribution in [1.82, 2.24) is 15.5 Å². The van der Waals surface area contributed by atoms with E-state index in [1.54, 1.807) is 6.07 Å². The number of aromatic nitrogens is 2. The van der Waals surface area contributed by atoms with Crippen LogP contribution >= 0.6 is 0 Å². The van der Waals surface area contributed by atoms with Gasteiger partial charge in [0.05, 0.1) is 5.69 Å². The van der Waals surface area contributed by atoms with Crippen molar-refractivity contribution in [2.75, 3.05) is 7.05 Å². The number of nitrogens with one attached hydrogen (secondary N) is 2. The second-order valence-electron chi connectivity index (χ2n) is 4.18. The summed E-state index contributed by atoms with van der Waals surface area (Å²) in [4.78, 5) is 0. The lowest BCUT2D eigenvalue weighted by molar-refractivity contribution is 0.600. The van der Waals surface area contributed by atoms with E-state index in [-0.39, 0.29) is 5.82 Å². The van der Waals surface area contributed by atoms with Crippen molar-refractivity contribution in [3.8, 4) is 11.3 Å². The molecular weight excluding hydrogens is 217 g/mol. The molecule has 1 atom stereocenters. The van der Waals surface area contributed by atoms with Gasteiger partial charge in [-0.25, -0.2) is 4.39 Å². The topological polar surface area (TPSA) is 40.7 Å². The summed E-state index contributed by atoms with van der Waals surface area (Å²) < 4.78 is 13.1. The molecule has 0 spiro atoms. The van der Waals surface area contributed by atoms with Gasteiger partial charge in [-0.05, 0) is 32.2 Å². The molecule has 1 unspecified atom stereocenters. The van der Waals surface area contributed by atoms with Crippen LogP contribution in [0, 0.1) is 5.82 Å². The van der Waals surface area contributed by atoms with E-state index >= 15 is 0 Å². The van der Waals surface area contributed by atoms with Crippen LogP contribution in [-0.2, 0) is 6.42 Å². The van der Waals surface area contributed by atoms with Crippen LogP contribution in [0.1, 0.15) is 12.6 Å². The molecule has 3 nitrogen and oxygen atoms in total. The number of halogens is 1. The van der Waals surface area contributed by atoms with Crippen LogP contribution in [0.4, 0.5) is 4.39 Å². The lowest BCUT2D eigenvalue weighted by Crippen LogP contribution is -2.23. The van der Waals surface area contributed by atoms with E-state index in [0.717, 1.165) is 23.4 Å². The Labute approximate surface area is 100 Å². The summed E-state index contributed by atoms with van der Waals surface area (Å²) in [5, 5.41) is 10.3. The quantitative estimate of drug-likeness (QED) is 0.851. The molecule has 2 N–H and O–H groups in total. The monoisotopic (exact) mass is 233 g/mol. The SMILES string of the molecule is CNC(C)Cc1cc(-c2cccc(F)c2)n[nH]1. The highest BCUT2D eigenvalue weighted by atomic mass is 19.1. The number of aromatic amines is 1. The molecule has 2 rings (SSSR count). The second-order valence-corrected chi connectivity index (χ2v) is 4.18. The smallest absolute Gasteiger partial charge is 0.123 e. The zero-order valence-electron chi connectivity index (χ0n) is 10.00. The van der Waals surface area contributed by atoms with E-state index in [0.29, 0.717) is 6.04 Å². The minimum absolute atomic E-state index is 0.240. The maximum absolute atomic E-state index is 13.1. The van der Waals surface area contributed by atoms with E-state index in [2.05, 4.69) is 22.4 Å². The number of nitrogens with zero attached hydrogens (tertiary/aromatic N) is 1. The summed E-state index contributed by atoms with van der Waals surface area (Å²) in [5.74, 6) is -0.240. The standard InChI is InChI=1S/C13H16FN3/c1-9(15-2)6-12-8-13(17-16-12)10-4-3-5-11(14)7-10/h3-5,7-9,15H,6H2,1-2H3,(H,16,17). The Kier molecular flexibility index (Phi) is 3.54. The highest BCUT2D eigenvalue weighted by molar-refractivity contribution is 5.59. The molecule has 0 amide bonds. The largest absolute Gasteiger partial charge is 0.317 e. The Morgan fingerprint density at radius 2 is 2.24 bits per heavy atom. The third kappa shape index (κ3) is 2.91. The first kappa shape index (κ1) is 11.8. The van der Waals surface area contributed by atoms with Crippen molar-refractivity contribution >= 4 is 0 Å². The minimum Gasteiger partial charge on any atom is -0.317 e. The van der Waals surface area contributed by atoms with Gasteiger partial charge in [-0.3, -0.25) is 5.10 Å². The summed E-state index contributed by atoms with van der Waals surface area (Å²) in [6, 6.07) is 8.81. The molecule has 0 saturated heterocycles. The molecule has 90 valence electrons. The first-order valence-electron chi connectivity index (χ1n) is 5.66. The van der Waals surface area contributed by atoms with Crippen LogP contribution in [0.3, 0.4) is 0 Å². The van der Waals surface area contributed by atoms with E-state index in [4.69, 9.17) is 0 Å². The van der Waals surface area contributed by atoms with Gasteiger partial charge in [0.2, 0.25) is 0 Å². The Balaban J connectivity index is 2.18. The fourth-order valence-corrected chi connectivity index (χ4v) is 1.69. The molecule has 0 aliphatic rings. The number of hydrogen-bond acceptors (Lipinski definition) is 2. The van der Waals surface area contributed by atoms with Gasteiger partial charge in [0.1, 0.15) is 5.82 Å². The number of likely N-dealkylation sites (N-methyl/N-ethyl adjacent to an activating group) is 1. The molecular formula is C13H16FN3. The van der Waals surface area contributed by atoms with Crippen molar-refractivity contribution in [3.05, 3.63) is 41.8 Å². The summed E-state index contributed by atoms with van der Waals surface area (Å²) in [5.41, 5.74) is 2.62. The lowest BCUT2D eigenvalue weighted by Gasteiger charge is -2.06. The zero-order chi connectivity index (χ0) is 12.3. The van der Waals surface area contributed by atoms with Gasteiger partial charge in [0.15, 0.2) is 0 Å². The average Bonchev–Trinajstić information content (AvgIpc) is 2.77. The van der Waals surface area contributed by atoms with Crippen LogP contribution < -0.4 is 5.32 Å². The van der Waals surface area contributed by atoms with Crippen molar-refractivity contribution in [2.24, 2.45) is 0 Å². The van der Waals surface area contributed by atoms with Gasteiger partial charge in [-0.15, -0.1) is 0 Å². The Morgan fingerprint density at radius 3 is 2.94 bits per heavy atom. The minimum atomic E-state index is -0.240. The van der Waals surface area contributed by atoms with Gasteiger partial charge >= 0.3 is 0 Å². The summed E-state index contributed by atoms with van der Waals surface area (Å²) in [6.07, 6.45) is 0.874. The van der Waals surface area contributed by atoms with Crippen LogP contribution in [0.2, 0.25) is 0 Å². The lowest BCUT2D eigenvalue weighted by atomic mass is 10.1. The van der Waals surface area contributed by atoms with Crippen molar-refractivity contribution < 1.29 is 4.39 Å². The number of H-pyrrole nitrogens is 1. The highest BCUT2D eigenvalue weighted by Gasteiger charge is 2.07. The predicted octanol–water partition coefficient (Wildman–Crippen LogP) is 2.37. The molecule has 0 bridgehead atoms. The number of benzene rings is 1. The molecule has 1 aromatic carbocycles. The first-order chi connectivity index (χ1) is 8.19. The molecule has 0 fully saturated rings. The molecule has 1 aromatic heterocycles. The summed E-state index contributed by atoms with van der Waals surface area (Å²) in [7, 11) is 1.93. The van der Waals surface area contributed by atoms with E-state index in [9.17, 15) is 4.39 Å². The molecule has 2 aromatic rings. The second kappa shape index (κ2) is 5.10. The Morgan fingerprint density at radius 1 is 1.41 bits per heavy atom. The highest BCUT2D eigenvalue weighted by Crippen LogP contribution is 2.18. The van der Waals surface area contributed by atoms with E-state index in [1.165, 1.54) is 12.1 Å². The molecule has 0 aliphatic carbocycles. The van der Waals surface area contributed by atoms with Gasteiger partial charge < -0.3 is 5.32 Å². The normalized spacial score (nSPS) is 12.6. The molecule has 0 aliphatic heterocycles. The number of rotatable bonds is 4. The third-order valence-corrected chi connectivity index (χ3v) is 2.77. The summed E-state index contributed by atoms with van der Waals surface area (Å²) >= 11 is 0. The van der Waals surface area contributed by atoms with Crippen molar-refractivity contribution in [3.63, 3.8) is 0 Å². The van der Waals surface area contributed by atoms with E-state index < -0.39 is 0 Å². The molecule has 1 heterocycles. The number of hydrogen-bond donors (Lipinski definition) is 2. The Hall–Kier alpha value is -1.68. The molecule has 17 heavy (non-hydrogen) atoms. The zero-order valence-corrected chi connectivity index (χ0v) is 10.00. The average molecular weight is 233 g/mol. The molecule has 0 saturated carbocycles. The third-order valence-electron chi connectivity index (χ3n) is 2.77. The van der Waals surface area contributed by atoms with Crippen LogP contribution in [0.25, 0.3) is 11.3 Å². The Bertz CT molecular complexity index is 493. The van der Waals surface area contributed by atoms with Gasteiger partial charge in [0.25, 0.3) is 0 Å². The van der Waals surface area contributed by atoms with Crippen LogP contribution in [0.5, 0.6) is 0 Å². The molecule has 0 radical (unpaired) electrons. The van der Waals surface area contributed by atoms with Gasteiger partial charge in [-0.1, -0.05) is 12.1 Å². The predicted molar refractivity (Wildman–Crippen MR) is 66.2 cm³/mol. The van der Waals surface area contributed by atoms with Gasteiger partial charge in [-0.2, -0.15) is 5.10 Å². The van der Waals surface area contributed by atoms with Crippen LogP contribution in [0.15, 0.2) is 30.3 Å². The van der Waals surface area contributed by atoms with Crippen molar-refractivity contribution in [2.45, 2.75) is 19.4 Å². The van der Waals surface area contributed by atoms with E-state index in [1.807, 2.05) is 19.2 Å². The fourth-order valence-electron chi connectivity index (χ4n) is 1.69. The maximum atomic E-state index is 13.1. The fraction of sp³-hybridized carbons (Fsp3) is 0.308. The molecule has 4 heteroatoms. The summed E-state index contributed by atoms with van der Waals surface area (Å²) in [6.45, 7) is 2.10. The van der Waals surface area contributed by atoms with Crippen molar-refractivity contribution in [1.29, 1.82) is 0 Å².